The van der Waals surface area contributed by atoms with Crippen molar-refractivity contribution in [1.29, 1.82) is 0 Å². The highest BCUT2D eigenvalue weighted by Gasteiger charge is 2.27. The van der Waals surface area contributed by atoms with Gasteiger partial charge in [-0.2, -0.15) is 0 Å². The van der Waals surface area contributed by atoms with E-state index in [1.807, 2.05) is 0 Å². The minimum absolute atomic E-state index is 0.0355. The summed E-state index contributed by atoms with van der Waals surface area (Å²) in [5.41, 5.74) is 0. The Balaban J connectivity index is 1.28. The van der Waals surface area contributed by atoms with Crippen LogP contribution in [-0.4, -0.2) is 77.3 Å². The lowest BCUT2D eigenvalue weighted by Gasteiger charge is -2.17. The van der Waals surface area contributed by atoms with Gasteiger partial charge in [-0.05, 0) is 0 Å². The van der Waals surface area contributed by atoms with Crippen LogP contribution >= 0.6 is 0 Å². The second kappa shape index (κ2) is 6.27. The largest absolute Gasteiger partial charge is 0.376 e. The van der Waals surface area contributed by atoms with Crippen molar-refractivity contribution in [2.24, 2.45) is 0 Å². The second-order valence-corrected chi connectivity index (χ2v) is 4.90. The zero-order valence-corrected chi connectivity index (χ0v) is 10.4. The molecule has 0 aromatic heterocycles. The van der Waals surface area contributed by atoms with Crippen molar-refractivity contribution in [2.45, 2.75) is 24.4 Å². The Kier molecular flexibility index (Phi) is 4.45. The molecule has 0 saturated carbocycles. The molecule has 0 spiro atoms. The van der Waals surface area contributed by atoms with E-state index in [9.17, 15) is 0 Å². The molecule has 0 aromatic rings. The monoisotopic (exact) mass is 260 g/mol. The van der Waals surface area contributed by atoms with Crippen LogP contribution in [0.3, 0.4) is 0 Å². The van der Waals surface area contributed by atoms with Crippen molar-refractivity contribution < 1.29 is 28.4 Å². The lowest BCUT2D eigenvalue weighted by molar-refractivity contribution is -0.0661. The number of epoxide rings is 3. The molecule has 3 rings (SSSR count). The number of ether oxygens (including phenoxy) is 6. The SMILES string of the molecule is C(OC[C@@H]1CO1)C(COC[C@H]1CO1)OC[C@@H]1CO1. The third kappa shape index (κ3) is 5.17. The zero-order valence-electron chi connectivity index (χ0n) is 10.4. The molecule has 3 aliphatic heterocycles. The third-order valence-electron chi connectivity index (χ3n) is 2.94. The van der Waals surface area contributed by atoms with Gasteiger partial charge in [0, 0.05) is 0 Å². The van der Waals surface area contributed by atoms with Gasteiger partial charge in [0.1, 0.15) is 24.4 Å². The zero-order chi connectivity index (χ0) is 12.2. The molecule has 3 aliphatic rings. The molecule has 0 bridgehead atoms. The minimum atomic E-state index is -0.0355. The molecular weight excluding hydrogens is 240 g/mol. The molecule has 18 heavy (non-hydrogen) atoms. The summed E-state index contributed by atoms with van der Waals surface area (Å²) in [6.07, 6.45) is 0.814. The van der Waals surface area contributed by atoms with Crippen molar-refractivity contribution >= 4 is 0 Å². The van der Waals surface area contributed by atoms with Crippen molar-refractivity contribution in [3.8, 4) is 0 Å². The van der Waals surface area contributed by atoms with Crippen LogP contribution in [-0.2, 0) is 28.4 Å². The third-order valence-corrected chi connectivity index (χ3v) is 2.94. The molecule has 6 heteroatoms. The summed E-state index contributed by atoms with van der Waals surface area (Å²) in [6, 6.07) is 0. The van der Waals surface area contributed by atoms with Crippen LogP contribution in [0, 0.1) is 0 Å². The van der Waals surface area contributed by atoms with Crippen molar-refractivity contribution in [3.05, 3.63) is 0 Å². The van der Waals surface area contributed by atoms with Crippen molar-refractivity contribution in [2.75, 3.05) is 52.9 Å². The summed E-state index contributed by atoms with van der Waals surface area (Å²) in [5.74, 6) is 0. The Morgan fingerprint density at radius 2 is 1.22 bits per heavy atom. The van der Waals surface area contributed by atoms with Gasteiger partial charge in [0.15, 0.2) is 0 Å². The van der Waals surface area contributed by atoms with Gasteiger partial charge in [-0.15, -0.1) is 0 Å². The molecular formula is C12H20O6. The summed E-state index contributed by atoms with van der Waals surface area (Å²) in [5, 5.41) is 0. The molecule has 0 radical (unpaired) electrons. The second-order valence-electron chi connectivity index (χ2n) is 4.90. The molecule has 0 amide bonds. The van der Waals surface area contributed by atoms with Gasteiger partial charge in [0.2, 0.25) is 0 Å². The minimum Gasteiger partial charge on any atom is -0.376 e. The number of hydrogen-bond acceptors (Lipinski definition) is 6. The smallest absolute Gasteiger partial charge is 0.104 e. The summed E-state index contributed by atoms with van der Waals surface area (Å²) in [4.78, 5) is 0. The molecule has 3 fully saturated rings. The predicted octanol–water partition coefficient (Wildman–Crippen LogP) is -0.399. The Hall–Kier alpha value is -0.240. The van der Waals surface area contributed by atoms with E-state index in [0.29, 0.717) is 33.0 Å². The average Bonchev–Trinajstić information content (AvgIpc) is 3.23. The first-order chi connectivity index (χ1) is 8.90. The maximum absolute atomic E-state index is 5.71. The summed E-state index contributed by atoms with van der Waals surface area (Å²) in [6.45, 7) is 5.43. The number of rotatable bonds is 11. The van der Waals surface area contributed by atoms with E-state index >= 15 is 0 Å². The van der Waals surface area contributed by atoms with Crippen LogP contribution in [0.25, 0.3) is 0 Å². The van der Waals surface area contributed by atoms with Crippen LogP contribution in [0.15, 0.2) is 0 Å². The van der Waals surface area contributed by atoms with Gasteiger partial charge in [0.25, 0.3) is 0 Å². The Morgan fingerprint density at radius 3 is 1.67 bits per heavy atom. The van der Waals surface area contributed by atoms with E-state index in [1.54, 1.807) is 0 Å². The predicted molar refractivity (Wildman–Crippen MR) is 60.6 cm³/mol. The lowest BCUT2D eigenvalue weighted by Crippen LogP contribution is -2.28. The molecule has 104 valence electrons. The molecule has 0 N–H and O–H groups in total. The van der Waals surface area contributed by atoms with E-state index in [-0.39, 0.29) is 24.4 Å². The van der Waals surface area contributed by atoms with Gasteiger partial charge >= 0.3 is 0 Å². The van der Waals surface area contributed by atoms with Crippen LogP contribution in [0.2, 0.25) is 0 Å². The van der Waals surface area contributed by atoms with Gasteiger partial charge < -0.3 is 28.4 Å². The highest BCUT2D eigenvalue weighted by atomic mass is 16.6. The van der Waals surface area contributed by atoms with E-state index in [2.05, 4.69) is 0 Å². The summed E-state index contributed by atoms with van der Waals surface area (Å²) in [7, 11) is 0. The quantitative estimate of drug-likeness (QED) is 0.471. The van der Waals surface area contributed by atoms with Crippen molar-refractivity contribution in [3.63, 3.8) is 0 Å². The molecule has 6 nitrogen and oxygen atoms in total. The lowest BCUT2D eigenvalue weighted by atomic mass is 10.4. The van der Waals surface area contributed by atoms with E-state index < -0.39 is 0 Å². The maximum atomic E-state index is 5.71. The van der Waals surface area contributed by atoms with E-state index in [0.717, 1.165) is 19.8 Å². The fourth-order valence-electron chi connectivity index (χ4n) is 1.54. The van der Waals surface area contributed by atoms with Gasteiger partial charge in [0.05, 0.1) is 52.9 Å². The van der Waals surface area contributed by atoms with E-state index in [1.165, 1.54) is 0 Å². The average molecular weight is 260 g/mol. The van der Waals surface area contributed by atoms with Gasteiger partial charge in [-0.25, -0.2) is 0 Å². The maximum Gasteiger partial charge on any atom is 0.104 e. The standard InChI is InChI=1S/C12H20O6/c1(13-3-10-5-16-10)9(15-7-12-8-18-12)2-14-4-11-6-17-11/h9-12H,1-8H2/t9?,10-,11+,12-/m1/s1. The van der Waals surface area contributed by atoms with Crippen molar-refractivity contribution in [1.82, 2.24) is 0 Å². The molecule has 3 heterocycles. The molecule has 4 atom stereocenters. The Labute approximate surface area is 106 Å². The van der Waals surface area contributed by atoms with Gasteiger partial charge in [-0.3, -0.25) is 0 Å². The first kappa shape index (κ1) is 12.8. The highest BCUT2D eigenvalue weighted by molar-refractivity contribution is 4.72. The van der Waals surface area contributed by atoms with Crippen LogP contribution in [0.4, 0.5) is 0 Å². The fourth-order valence-corrected chi connectivity index (χ4v) is 1.54. The molecule has 1 unspecified atom stereocenters. The summed E-state index contributed by atoms with van der Waals surface area (Å²) >= 11 is 0. The van der Waals surface area contributed by atoms with Crippen LogP contribution in [0.1, 0.15) is 0 Å². The van der Waals surface area contributed by atoms with Gasteiger partial charge in [-0.1, -0.05) is 0 Å². The van der Waals surface area contributed by atoms with Crippen LogP contribution < -0.4 is 0 Å². The summed E-state index contributed by atoms with van der Waals surface area (Å²) < 4.78 is 32.1. The number of hydrogen-bond donors (Lipinski definition) is 0. The molecule has 3 saturated heterocycles. The molecule has 0 aromatic carbocycles. The molecule has 0 aliphatic carbocycles. The van der Waals surface area contributed by atoms with Crippen LogP contribution in [0.5, 0.6) is 0 Å². The topological polar surface area (TPSA) is 65.3 Å². The first-order valence-electron chi connectivity index (χ1n) is 6.52. The Morgan fingerprint density at radius 1 is 0.778 bits per heavy atom. The Bertz CT molecular complexity index is 231. The first-order valence-corrected chi connectivity index (χ1v) is 6.52. The van der Waals surface area contributed by atoms with E-state index in [4.69, 9.17) is 28.4 Å². The normalized spacial score (nSPS) is 34.3. The highest BCUT2D eigenvalue weighted by Crippen LogP contribution is 2.13. The fraction of sp³-hybridized carbons (Fsp3) is 1.00.